The standard InChI is InChI=1S/C13H14N2O4S/c1-15-12(7-11(14-15)13(16)17)10-5-3-4-9(6-10)8-20(2,18)19/h3-7H,8H2,1-2H3,(H,16,17). The van der Waals surface area contributed by atoms with Gasteiger partial charge in [-0.1, -0.05) is 18.2 Å². The van der Waals surface area contributed by atoms with Crippen LogP contribution in [0.15, 0.2) is 30.3 Å². The molecule has 2 rings (SSSR count). The van der Waals surface area contributed by atoms with Crippen molar-refractivity contribution in [2.45, 2.75) is 5.75 Å². The molecule has 0 bridgehead atoms. The first-order chi connectivity index (χ1) is 9.26. The average molecular weight is 294 g/mol. The van der Waals surface area contributed by atoms with Gasteiger partial charge in [-0.2, -0.15) is 5.10 Å². The van der Waals surface area contributed by atoms with Gasteiger partial charge in [0.15, 0.2) is 15.5 Å². The Bertz CT molecular complexity index is 762. The summed E-state index contributed by atoms with van der Waals surface area (Å²) in [6.45, 7) is 0. The number of benzene rings is 1. The molecule has 0 radical (unpaired) electrons. The largest absolute Gasteiger partial charge is 0.476 e. The average Bonchev–Trinajstić information content (AvgIpc) is 2.69. The van der Waals surface area contributed by atoms with Crippen LogP contribution in [0.4, 0.5) is 0 Å². The highest BCUT2D eigenvalue weighted by molar-refractivity contribution is 7.89. The summed E-state index contributed by atoms with van der Waals surface area (Å²) in [5, 5.41) is 12.8. The fourth-order valence-corrected chi connectivity index (χ4v) is 2.75. The highest BCUT2D eigenvalue weighted by Crippen LogP contribution is 2.22. The van der Waals surface area contributed by atoms with Crippen LogP contribution in [-0.4, -0.2) is 35.5 Å². The number of carboxylic acids is 1. The Balaban J connectivity index is 2.43. The molecular formula is C13H14N2O4S. The van der Waals surface area contributed by atoms with Crippen LogP contribution in [0.25, 0.3) is 11.3 Å². The normalized spacial score (nSPS) is 11.5. The molecule has 106 valence electrons. The molecule has 1 aromatic carbocycles. The van der Waals surface area contributed by atoms with Crippen molar-refractivity contribution in [3.05, 3.63) is 41.6 Å². The minimum Gasteiger partial charge on any atom is -0.476 e. The van der Waals surface area contributed by atoms with E-state index in [0.29, 0.717) is 11.3 Å². The lowest BCUT2D eigenvalue weighted by Gasteiger charge is -2.05. The second-order valence-corrected chi connectivity index (χ2v) is 6.75. The Hall–Kier alpha value is -2.15. The molecule has 6 nitrogen and oxygen atoms in total. The molecule has 0 fully saturated rings. The van der Waals surface area contributed by atoms with Gasteiger partial charge in [0.2, 0.25) is 0 Å². The summed E-state index contributed by atoms with van der Waals surface area (Å²) in [6, 6.07) is 8.43. The third kappa shape index (κ3) is 3.24. The molecule has 0 aliphatic carbocycles. The van der Waals surface area contributed by atoms with Gasteiger partial charge in [0.05, 0.1) is 11.4 Å². The van der Waals surface area contributed by atoms with Crippen molar-refractivity contribution >= 4 is 15.8 Å². The molecule has 0 amide bonds. The fraction of sp³-hybridized carbons (Fsp3) is 0.231. The number of hydrogen-bond acceptors (Lipinski definition) is 4. The lowest BCUT2D eigenvalue weighted by atomic mass is 10.1. The van der Waals surface area contributed by atoms with Gasteiger partial charge < -0.3 is 5.11 Å². The first-order valence-electron chi connectivity index (χ1n) is 5.80. The predicted molar refractivity (Wildman–Crippen MR) is 74.2 cm³/mol. The number of nitrogens with zero attached hydrogens (tertiary/aromatic N) is 2. The van der Waals surface area contributed by atoms with Gasteiger partial charge >= 0.3 is 5.97 Å². The zero-order valence-corrected chi connectivity index (χ0v) is 11.9. The molecule has 20 heavy (non-hydrogen) atoms. The minimum absolute atomic E-state index is 0.0454. The molecule has 1 aromatic heterocycles. The van der Waals surface area contributed by atoms with Crippen LogP contribution in [0.3, 0.4) is 0 Å². The minimum atomic E-state index is -3.11. The van der Waals surface area contributed by atoms with Crippen LogP contribution in [0.5, 0.6) is 0 Å². The zero-order valence-electron chi connectivity index (χ0n) is 11.1. The summed E-state index contributed by atoms with van der Waals surface area (Å²) in [6.07, 6.45) is 1.17. The molecule has 0 aliphatic rings. The van der Waals surface area contributed by atoms with E-state index in [0.717, 1.165) is 5.56 Å². The number of carbonyl (C=O) groups is 1. The molecule has 0 atom stereocenters. The van der Waals surface area contributed by atoms with E-state index in [1.807, 2.05) is 0 Å². The van der Waals surface area contributed by atoms with Crippen LogP contribution in [0.2, 0.25) is 0 Å². The molecule has 0 saturated heterocycles. The highest BCUT2D eigenvalue weighted by Gasteiger charge is 2.13. The van der Waals surface area contributed by atoms with E-state index in [2.05, 4.69) is 5.10 Å². The van der Waals surface area contributed by atoms with E-state index in [9.17, 15) is 13.2 Å². The molecule has 7 heteroatoms. The summed E-state index contributed by atoms with van der Waals surface area (Å²) in [5.74, 6) is -1.15. The fourth-order valence-electron chi connectivity index (χ4n) is 1.97. The second-order valence-electron chi connectivity index (χ2n) is 4.61. The van der Waals surface area contributed by atoms with Gasteiger partial charge in [0, 0.05) is 18.9 Å². The quantitative estimate of drug-likeness (QED) is 0.918. The van der Waals surface area contributed by atoms with Crippen LogP contribution in [0, 0.1) is 0 Å². The number of aromatic carboxylic acids is 1. The van der Waals surface area contributed by atoms with Crippen LogP contribution in [-0.2, 0) is 22.6 Å². The van der Waals surface area contributed by atoms with Crippen molar-refractivity contribution in [1.29, 1.82) is 0 Å². The maximum Gasteiger partial charge on any atom is 0.356 e. The van der Waals surface area contributed by atoms with Crippen molar-refractivity contribution in [2.24, 2.45) is 7.05 Å². The molecule has 1 heterocycles. The number of sulfone groups is 1. The number of hydrogen-bond donors (Lipinski definition) is 1. The predicted octanol–water partition coefficient (Wildman–Crippen LogP) is 1.33. The summed E-state index contributed by atoms with van der Waals surface area (Å²) < 4.78 is 24.1. The van der Waals surface area contributed by atoms with E-state index in [1.54, 1.807) is 31.3 Å². The smallest absolute Gasteiger partial charge is 0.356 e. The van der Waals surface area contributed by atoms with E-state index < -0.39 is 15.8 Å². The van der Waals surface area contributed by atoms with Crippen molar-refractivity contribution in [2.75, 3.05) is 6.26 Å². The Kier molecular flexibility index (Phi) is 3.63. The molecule has 0 aliphatic heterocycles. The number of aryl methyl sites for hydroxylation is 1. The number of aromatic nitrogens is 2. The van der Waals surface area contributed by atoms with Gasteiger partial charge in [-0.15, -0.1) is 0 Å². The maximum absolute atomic E-state index is 11.3. The summed E-state index contributed by atoms with van der Waals surface area (Å²) in [5.41, 5.74) is 1.96. The zero-order chi connectivity index (χ0) is 14.9. The van der Waals surface area contributed by atoms with Gasteiger partial charge in [-0.25, -0.2) is 13.2 Å². The highest BCUT2D eigenvalue weighted by atomic mass is 32.2. The van der Waals surface area contributed by atoms with Crippen molar-refractivity contribution < 1.29 is 18.3 Å². The van der Waals surface area contributed by atoms with Crippen molar-refractivity contribution in [1.82, 2.24) is 9.78 Å². The molecule has 2 aromatic rings. The summed E-state index contributed by atoms with van der Waals surface area (Å²) >= 11 is 0. The third-order valence-corrected chi connectivity index (χ3v) is 3.61. The Morgan fingerprint density at radius 1 is 1.35 bits per heavy atom. The van der Waals surface area contributed by atoms with Crippen molar-refractivity contribution in [3.8, 4) is 11.3 Å². The third-order valence-electron chi connectivity index (χ3n) is 2.75. The van der Waals surface area contributed by atoms with Gasteiger partial charge in [0.25, 0.3) is 0 Å². The Morgan fingerprint density at radius 2 is 2.05 bits per heavy atom. The topological polar surface area (TPSA) is 89.3 Å². The van der Waals surface area contributed by atoms with Gasteiger partial charge in [-0.3, -0.25) is 4.68 Å². The Morgan fingerprint density at radius 3 is 2.60 bits per heavy atom. The van der Waals surface area contributed by atoms with E-state index in [-0.39, 0.29) is 11.4 Å². The number of carboxylic acid groups (broad SMARTS) is 1. The second kappa shape index (κ2) is 5.09. The Labute approximate surface area is 116 Å². The molecule has 0 spiro atoms. The molecule has 0 unspecified atom stereocenters. The number of rotatable bonds is 4. The van der Waals surface area contributed by atoms with E-state index in [4.69, 9.17) is 5.11 Å². The lowest BCUT2D eigenvalue weighted by molar-refractivity contribution is 0.0689. The van der Waals surface area contributed by atoms with E-state index in [1.165, 1.54) is 17.0 Å². The maximum atomic E-state index is 11.3. The first kappa shape index (κ1) is 14.3. The van der Waals surface area contributed by atoms with Crippen LogP contribution >= 0.6 is 0 Å². The monoisotopic (exact) mass is 294 g/mol. The first-order valence-corrected chi connectivity index (χ1v) is 7.87. The van der Waals surface area contributed by atoms with Gasteiger partial charge in [0.1, 0.15) is 0 Å². The SMILES string of the molecule is Cn1nc(C(=O)O)cc1-c1cccc(CS(C)(=O)=O)c1. The van der Waals surface area contributed by atoms with Crippen molar-refractivity contribution in [3.63, 3.8) is 0 Å². The van der Waals surface area contributed by atoms with Crippen LogP contribution < -0.4 is 0 Å². The summed E-state index contributed by atoms with van der Waals surface area (Å²) in [4.78, 5) is 10.9. The van der Waals surface area contributed by atoms with Gasteiger partial charge in [-0.05, 0) is 17.7 Å². The molecular weight excluding hydrogens is 280 g/mol. The molecule has 0 saturated carbocycles. The lowest BCUT2D eigenvalue weighted by Crippen LogP contribution is -2.01. The summed E-state index contributed by atoms with van der Waals surface area (Å²) in [7, 11) is -1.47. The van der Waals surface area contributed by atoms with E-state index >= 15 is 0 Å². The molecule has 1 N–H and O–H groups in total. The van der Waals surface area contributed by atoms with Crippen LogP contribution in [0.1, 0.15) is 16.1 Å².